The molecule has 0 aliphatic carbocycles. The van der Waals surface area contributed by atoms with Gasteiger partial charge in [0, 0.05) is 23.9 Å². The highest BCUT2D eigenvalue weighted by molar-refractivity contribution is 7.15. The highest BCUT2D eigenvalue weighted by Crippen LogP contribution is 2.36. The predicted molar refractivity (Wildman–Crippen MR) is 111 cm³/mol. The van der Waals surface area contributed by atoms with Crippen molar-refractivity contribution in [2.75, 3.05) is 25.0 Å². The van der Waals surface area contributed by atoms with Crippen LogP contribution >= 0.6 is 11.3 Å². The van der Waals surface area contributed by atoms with E-state index in [0.717, 1.165) is 0 Å². The number of furan rings is 2. The number of nitrogens with zero attached hydrogens (tertiary/aromatic N) is 2. The van der Waals surface area contributed by atoms with Gasteiger partial charge < -0.3 is 18.9 Å². The van der Waals surface area contributed by atoms with Crippen molar-refractivity contribution in [2.24, 2.45) is 0 Å². The molecule has 0 atom stereocenters. The van der Waals surface area contributed by atoms with E-state index in [0.29, 0.717) is 35.2 Å². The Morgan fingerprint density at radius 3 is 2.73 bits per heavy atom. The van der Waals surface area contributed by atoms with Crippen molar-refractivity contribution < 1.29 is 23.2 Å². The van der Waals surface area contributed by atoms with E-state index < -0.39 is 5.97 Å². The largest absolute Gasteiger partial charge is 0.468 e. The summed E-state index contributed by atoms with van der Waals surface area (Å²) in [7, 11) is 0. The molecule has 8 nitrogen and oxygen atoms in total. The Bertz CT molecular complexity index is 1000. The molecule has 0 aliphatic heterocycles. The number of carbonyl (C=O) groups excluding carboxylic acids is 2. The molecule has 0 saturated carbocycles. The number of amides is 1. The quantitative estimate of drug-likeness (QED) is 0.485. The van der Waals surface area contributed by atoms with Crippen LogP contribution in [0.15, 0.2) is 51.0 Å². The molecule has 0 unspecified atom stereocenters. The van der Waals surface area contributed by atoms with E-state index in [9.17, 15) is 9.59 Å². The van der Waals surface area contributed by atoms with Crippen LogP contribution in [0.5, 0.6) is 0 Å². The van der Waals surface area contributed by atoms with Crippen molar-refractivity contribution in [1.29, 1.82) is 5.26 Å². The molecule has 3 rings (SSSR count). The first kappa shape index (κ1) is 21.4. The highest BCUT2D eigenvalue weighted by Gasteiger charge is 2.24. The van der Waals surface area contributed by atoms with Gasteiger partial charge in [-0.1, -0.05) is 0 Å². The van der Waals surface area contributed by atoms with Gasteiger partial charge in [0.25, 0.3) is 0 Å². The smallest absolute Gasteiger partial charge is 0.341 e. The first-order valence-electron chi connectivity index (χ1n) is 9.36. The van der Waals surface area contributed by atoms with E-state index in [1.165, 1.54) is 17.6 Å². The fourth-order valence-electron chi connectivity index (χ4n) is 2.88. The zero-order chi connectivity index (χ0) is 21.3. The van der Waals surface area contributed by atoms with Gasteiger partial charge in [-0.15, -0.1) is 11.3 Å². The zero-order valence-electron chi connectivity index (χ0n) is 16.4. The van der Waals surface area contributed by atoms with Crippen LogP contribution in [0, 0.1) is 11.3 Å². The maximum Gasteiger partial charge on any atom is 0.341 e. The normalized spacial score (nSPS) is 10.7. The summed E-state index contributed by atoms with van der Waals surface area (Å²) >= 11 is 1.23. The van der Waals surface area contributed by atoms with E-state index in [2.05, 4.69) is 11.4 Å². The van der Waals surface area contributed by atoms with Gasteiger partial charge >= 0.3 is 5.97 Å². The number of rotatable bonds is 10. The van der Waals surface area contributed by atoms with Gasteiger partial charge in [-0.25, -0.2) is 4.79 Å². The minimum Gasteiger partial charge on any atom is -0.468 e. The molecular weight excluding hydrogens is 406 g/mol. The molecule has 3 aromatic rings. The number of hydrogen-bond donors (Lipinski definition) is 1. The van der Waals surface area contributed by atoms with E-state index in [-0.39, 0.29) is 31.0 Å². The molecule has 3 heterocycles. The summed E-state index contributed by atoms with van der Waals surface area (Å²) in [6, 6.07) is 9.13. The molecule has 0 fully saturated rings. The second-order valence-electron chi connectivity index (χ2n) is 6.30. The number of hydrogen-bond acceptors (Lipinski definition) is 8. The van der Waals surface area contributed by atoms with Crippen LogP contribution in [0.25, 0.3) is 11.3 Å². The minimum absolute atomic E-state index is 0.0403. The standard InChI is InChI=1S/C21H21N3O5S/c1-2-27-21(26)19-16(17-7-4-11-29-17)14-30-20(19)23-18(25)13-24(9-5-8-22)12-15-6-3-10-28-15/h3-4,6-7,10-11,14H,2,5,9,12-13H2,1H3,(H,23,25). The second-order valence-corrected chi connectivity index (χ2v) is 7.18. The number of esters is 1. The average Bonchev–Trinajstić information content (AvgIpc) is 3.47. The molecule has 0 bridgehead atoms. The second kappa shape index (κ2) is 10.4. The molecule has 30 heavy (non-hydrogen) atoms. The Balaban J connectivity index is 1.76. The molecule has 0 spiro atoms. The van der Waals surface area contributed by atoms with Crippen molar-refractivity contribution >= 4 is 28.2 Å². The number of carbonyl (C=O) groups is 2. The lowest BCUT2D eigenvalue weighted by molar-refractivity contribution is -0.117. The van der Waals surface area contributed by atoms with Crippen LogP contribution in [0.3, 0.4) is 0 Å². The summed E-state index contributed by atoms with van der Waals surface area (Å²) in [6.07, 6.45) is 3.36. The monoisotopic (exact) mass is 427 g/mol. The van der Waals surface area contributed by atoms with Crippen LogP contribution < -0.4 is 5.32 Å². The Kier molecular flexibility index (Phi) is 7.43. The third-order valence-electron chi connectivity index (χ3n) is 4.18. The topological polar surface area (TPSA) is 109 Å². The SMILES string of the molecule is CCOC(=O)c1c(-c2ccco2)csc1NC(=O)CN(CCC#N)Cc1ccco1. The summed E-state index contributed by atoms with van der Waals surface area (Å²) in [4.78, 5) is 27.0. The van der Waals surface area contributed by atoms with Gasteiger partial charge in [-0.2, -0.15) is 5.26 Å². The number of anilines is 1. The molecule has 3 aromatic heterocycles. The number of nitrogens with one attached hydrogen (secondary N) is 1. The molecule has 0 aromatic carbocycles. The van der Waals surface area contributed by atoms with Crippen molar-refractivity contribution in [2.45, 2.75) is 19.9 Å². The lowest BCUT2D eigenvalue weighted by Crippen LogP contribution is -2.33. The Hall–Kier alpha value is -3.35. The summed E-state index contributed by atoms with van der Waals surface area (Å²) < 4.78 is 15.9. The average molecular weight is 427 g/mol. The Morgan fingerprint density at radius 2 is 2.07 bits per heavy atom. The molecule has 0 aliphatic rings. The van der Waals surface area contributed by atoms with Crippen molar-refractivity contribution in [3.8, 4) is 17.4 Å². The lowest BCUT2D eigenvalue weighted by Gasteiger charge is -2.19. The number of nitriles is 1. The van der Waals surface area contributed by atoms with Gasteiger partial charge in [0.1, 0.15) is 22.1 Å². The molecular formula is C21H21N3O5S. The molecule has 156 valence electrons. The van der Waals surface area contributed by atoms with E-state index >= 15 is 0 Å². The van der Waals surface area contributed by atoms with Gasteiger partial charge in [0.05, 0.1) is 38.3 Å². The van der Waals surface area contributed by atoms with E-state index in [4.69, 9.17) is 18.8 Å². The third kappa shape index (κ3) is 5.37. The van der Waals surface area contributed by atoms with Crippen molar-refractivity contribution in [1.82, 2.24) is 4.90 Å². The molecule has 1 amide bonds. The maximum absolute atomic E-state index is 12.7. The molecule has 9 heteroatoms. The van der Waals surface area contributed by atoms with Crippen LogP contribution in [0.2, 0.25) is 0 Å². The van der Waals surface area contributed by atoms with E-state index in [1.807, 2.05) is 11.0 Å². The fraction of sp³-hybridized carbons (Fsp3) is 0.286. The van der Waals surface area contributed by atoms with Crippen LogP contribution in [0.1, 0.15) is 29.5 Å². The summed E-state index contributed by atoms with van der Waals surface area (Å²) in [6.45, 7) is 2.78. The summed E-state index contributed by atoms with van der Waals surface area (Å²) in [5, 5.41) is 13.8. The predicted octanol–water partition coefficient (Wildman–Crippen LogP) is 4.13. The van der Waals surface area contributed by atoms with Gasteiger partial charge in [-0.3, -0.25) is 9.69 Å². The van der Waals surface area contributed by atoms with Crippen LogP contribution in [0.4, 0.5) is 5.00 Å². The summed E-state index contributed by atoms with van der Waals surface area (Å²) in [5.74, 6) is 0.378. The third-order valence-corrected chi connectivity index (χ3v) is 5.07. The highest BCUT2D eigenvalue weighted by atomic mass is 32.1. The van der Waals surface area contributed by atoms with Crippen molar-refractivity contribution in [3.63, 3.8) is 0 Å². The van der Waals surface area contributed by atoms with Crippen molar-refractivity contribution in [3.05, 3.63) is 53.5 Å². The lowest BCUT2D eigenvalue weighted by atomic mass is 10.1. The van der Waals surface area contributed by atoms with Gasteiger partial charge in [0.2, 0.25) is 5.91 Å². The molecule has 0 radical (unpaired) electrons. The Labute approximate surface area is 177 Å². The van der Waals surface area contributed by atoms with Crippen LogP contribution in [-0.4, -0.2) is 36.5 Å². The fourth-order valence-corrected chi connectivity index (χ4v) is 3.84. The van der Waals surface area contributed by atoms with Gasteiger partial charge in [-0.05, 0) is 31.2 Å². The Morgan fingerprint density at radius 1 is 1.27 bits per heavy atom. The maximum atomic E-state index is 12.7. The zero-order valence-corrected chi connectivity index (χ0v) is 17.2. The molecule has 1 N–H and O–H groups in total. The summed E-state index contributed by atoms with van der Waals surface area (Å²) in [5.41, 5.74) is 0.829. The first-order chi connectivity index (χ1) is 14.6. The first-order valence-corrected chi connectivity index (χ1v) is 10.2. The number of ether oxygens (including phenoxy) is 1. The van der Waals surface area contributed by atoms with Crippen LogP contribution in [-0.2, 0) is 16.1 Å². The van der Waals surface area contributed by atoms with Gasteiger partial charge in [0.15, 0.2) is 0 Å². The molecule has 0 saturated heterocycles. The minimum atomic E-state index is -0.530. The van der Waals surface area contributed by atoms with E-state index in [1.54, 1.807) is 36.8 Å². The number of thiophene rings is 1.